The van der Waals surface area contributed by atoms with E-state index in [-0.39, 0.29) is 30.2 Å². The van der Waals surface area contributed by atoms with Gasteiger partial charge < -0.3 is 15.6 Å². The quantitative estimate of drug-likeness (QED) is 0.795. The first-order valence-electron chi connectivity index (χ1n) is 6.50. The Labute approximate surface area is 129 Å². The Hall–Kier alpha value is -1.85. The summed E-state index contributed by atoms with van der Waals surface area (Å²) < 4.78 is 12.9. The summed E-state index contributed by atoms with van der Waals surface area (Å²) in [6.07, 6.45) is 3.39. The minimum absolute atomic E-state index is 0. The zero-order valence-corrected chi connectivity index (χ0v) is 12.8. The first kappa shape index (κ1) is 17.2. The SMILES string of the molecule is CNC(C)CNC(=O)c1c[nH]cc1-c1ccc(F)cc1.Cl. The van der Waals surface area contributed by atoms with Crippen LogP contribution in [0.3, 0.4) is 0 Å². The van der Waals surface area contributed by atoms with Crippen LogP contribution in [0.1, 0.15) is 17.3 Å². The number of aromatic amines is 1. The molecular weight excluding hydrogens is 293 g/mol. The van der Waals surface area contributed by atoms with E-state index in [2.05, 4.69) is 15.6 Å². The Kier molecular flexibility index (Phi) is 6.39. The highest BCUT2D eigenvalue weighted by molar-refractivity contribution is 6.00. The van der Waals surface area contributed by atoms with Gasteiger partial charge in [0.25, 0.3) is 5.91 Å². The summed E-state index contributed by atoms with van der Waals surface area (Å²) in [4.78, 5) is 15.1. The Morgan fingerprint density at radius 2 is 1.95 bits per heavy atom. The van der Waals surface area contributed by atoms with Gasteiger partial charge in [0, 0.05) is 30.5 Å². The predicted octanol–water partition coefficient (Wildman–Crippen LogP) is 2.58. The number of carbonyl (C=O) groups excluding carboxylic acids is 1. The standard InChI is InChI=1S/C15H18FN3O.ClH/c1-10(17-2)7-19-15(20)14-9-18-8-13(14)11-3-5-12(16)6-4-11;/h3-6,8-10,17-18H,7H2,1-2H3,(H,19,20);1H. The third-order valence-electron chi connectivity index (χ3n) is 3.21. The maximum absolute atomic E-state index is 12.9. The van der Waals surface area contributed by atoms with Gasteiger partial charge in [0.2, 0.25) is 0 Å². The summed E-state index contributed by atoms with van der Waals surface area (Å²) in [5.41, 5.74) is 2.12. The van der Waals surface area contributed by atoms with Gasteiger partial charge >= 0.3 is 0 Å². The van der Waals surface area contributed by atoms with E-state index in [1.54, 1.807) is 24.5 Å². The van der Waals surface area contributed by atoms with Crippen LogP contribution in [0, 0.1) is 5.82 Å². The molecule has 0 aliphatic carbocycles. The van der Waals surface area contributed by atoms with E-state index in [0.717, 1.165) is 11.1 Å². The van der Waals surface area contributed by atoms with Crippen LogP contribution < -0.4 is 10.6 Å². The summed E-state index contributed by atoms with van der Waals surface area (Å²) >= 11 is 0. The summed E-state index contributed by atoms with van der Waals surface area (Å²) in [7, 11) is 1.84. The first-order valence-corrected chi connectivity index (χ1v) is 6.50. The van der Waals surface area contributed by atoms with E-state index in [0.29, 0.717) is 12.1 Å². The Bertz CT molecular complexity index is 583. The normalized spacial score (nSPS) is 11.6. The average molecular weight is 312 g/mol. The predicted molar refractivity (Wildman–Crippen MR) is 84.3 cm³/mol. The fourth-order valence-electron chi connectivity index (χ4n) is 1.86. The molecule has 0 saturated carbocycles. The lowest BCUT2D eigenvalue weighted by Gasteiger charge is -2.11. The van der Waals surface area contributed by atoms with Crippen molar-refractivity contribution in [2.24, 2.45) is 0 Å². The van der Waals surface area contributed by atoms with Crippen molar-refractivity contribution in [3.05, 3.63) is 48.0 Å². The molecule has 1 aromatic heterocycles. The fraction of sp³-hybridized carbons (Fsp3) is 0.267. The molecule has 0 aliphatic heterocycles. The van der Waals surface area contributed by atoms with Gasteiger partial charge in [-0.1, -0.05) is 12.1 Å². The number of likely N-dealkylation sites (N-methyl/N-ethyl adjacent to an activating group) is 1. The highest BCUT2D eigenvalue weighted by atomic mass is 35.5. The van der Waals surface area contributed by atoms with Crippen LogP contribution in [-0.4, -0.2) is 30.5 Å². The van der Waals surface area contributed by atoms with Gasteiger partial charge in [-0.3, -0.25) is 4.79 Å². The van der Waals surface area contributed by atoms with Gasteiger partial charge in [-0.05, 0) is 31.7 Å². The van der Waals surface area contributed by atoms with Gasteiger partial charge in [-0.25, -0.2) is 4.39 Å². The first-order chi connectivity index (χ1) is 9.61. The monoisotopic (exact) mass is 311 g/mol. The van der Waals surface area contributed by atoms with Crippen LogP contribution in [0.4, 0.5) is 4.39 Å². The Balaban J connectivity index is 0.00000220. The fourth-order valence-corrected chi connectivity index (χ4v) is 1.86. The maximum Gasteiger partial charge on any atom is 0.253 e. The number of hydrogen-bond acceptors (Lipinski definition) is 2. The summed E-state index contributed by atoms with van der Waals surface area (Å²) in [6.45, 7) is 2.53. The molecule has 0 saturated heterocycles. The second-order valence-corrected chi connectivity index (χ2v) is 4.69. The van der Waals surface area contributed by atoms with Gasteiger partial charge in [0.1, 0.15) is 5.82 Å². The molecule has 1 atom stereocenters. The third-order valence-corrected chi connectivity index (χ3v) is 3.21. The number of halogens is 2. The van der Waals surface area contributed by atoms with E-state index in [1.165, 1.54) is 12.1 Å². The van der Waals surface area contributed by atoms with Crippen LogP contribution >= 0.6 is 12.4 Å². The molecule has 0 fully saturated rings. The lowest BCUT2D eigenvalue weighted by molar-refractivity contribution is 0.0951. The van der Waals surface area contributed by atoms with Gasteiger partial charge in [-0.15, -0.1) is 12.4 Å². The molecule has 0 spiro atoms. The Morgan fingerprint density at radius 3 is 2.57 bits per heavy atom. The molecule has 4 nitrogen and oxygen atoms in total. The minimum Gasteiger partial charge on any atom is -0.366 e. The largest absolute Gasteiger partial charge is 0.366 e. The molecule has 6 heteroatoms. The maximum atomic E-state index is 12.9. The zero-order valence-electron chi connectivity index (χ0n) is 11.9. The molecular formula is C15H19ClFN3O. The van der Waals surface area contributed by atoms with Gasteiger partial charge in [0.15, 0.2) is 0 Å². The van der Waals surface area contributed by atoms with Crippen LogP contribution in [-0.2, 0) is 0 Å². The van der Waals surface area contributed by atoms with Crippen molar-refractivity contribution in [3.63, 3.8) is 0 Å². The van der Waals surface area contributed by atoms with Crippen molar-refractivity contribution >= 4 is 18.3 Å². The molecule has 2 rings (SSSR count). The molecule has 3 N–H and O–H groups in total. The van der Waals surface area contributed by atoms with Crippen molar-refractivity contribution in [2.45, 2.75) is 13.0 Å². The van der Waals surface area contributed by atoms with Crippen LogP contribution in [0.15, 0.2) is 36.7 Å². The van der Waals surface area contributed by atoms with E-state index in [1.807, 2.05) is 14.0 Å². The molecule has 1 aromatic carbocycles. The summed E-state index contributed by atoms with van der Waals surface area (Å²) in [5, 5.41) is 5.92. The smallest absolute Gasteiger partial charge is 0.253 e. The topological polar surface area (TPSA) is 56.9 Å². The van der Waals surface area contributed by atoms with E-state index < -0.39 is 0 Å². The van der Waals surface area contributed by atoms with E-state index in [4.69, 9.17) is 0 Å². The Morgan fingerprint density at radius 1 is 1.29 bits per heavy atom. The molecule has 1 heterocycles. The molecule has 1 amide bonds. The van der Waals surface area contributed by atoms with E-state index >= 15 is 0 Å². The average Bonchev–Trinajstić information content (AvgIpc) is 2.94. The lowest BCUT2D eigenvalue weighted by atomic mass is 10.0. The third kappa shape index (κ3) is 4.31. The van der Waals surface area contributed by atoms with Crippen molar-refractivity contribution in [1.82, 2.24) is 15.6 Å². The van der Waals surface area contributed by atoms with Crippen molar-refractivity contribution < 1.29 is 9.18 Å². The highest BCUT2D eigenvalue weighted by Crippen LogP contribution is 2.23. The molecule has 0 radical (unpaired) electrons. The van der Waals surface area contributed by atoms with Gasteiger partial charge in [0.05, 0.1) is 5.56 Å². The number of benzene rings is 1. The second-order valence-electron chi connectivity index (χ2n) is 4.69. The minimum atomic E-state index is -0.293. The second kappa shape index (κ2) is 7.81. The van der Waals surface area contributed by atoms with Crippen molar-refractivity contribution in [3.8, 4) is 11.1 Å². The van der Waals surface area contributed by atoms with Crippen molar-refractivity contribution in [1.29, 1.82) is 0 Å². The summed E-state index contributed by atoms with van der Waals surface area (Å²) in [5.74, 6) is -0.439. The number of carbonyl (C=O) groups is 1. The van der Waals surface area contributed by atoms with Crippen LogP contribution in [0.25, 0.3) is 11.1 Å². The molecule has 0 aliphatic rings. The number of rotatable bonds is 5. The zero-order chi connectivity index (χ0) is 14.5. The van der Waals surface area contributed by atoms with Crippen LogP contribution in [0.5, 0.6) is 0 Å². The molecule has 21 heavy (non-hydrogen) atoms. The number of aromatic nitrogens is 1. The van der Waals surface area contributed by atoms with Gasteiger partial charge in [-0.2, -0.15) is 0 Å². The molecule has 1 unspecified atom stereocenters. The van der Waals surface area contributed by atoms with E-state index in [9.17, 15) is 9.18 Å². The molecule has 2 aromatic rings. The molecule has 0 bridgehead atoms. The number of H-pyrrole nitrogens is 1. The van der Waals surface area contributed by atoms with Crippen molar-refractivity contribution in [2.75, 3.05) is 13.6 Å². The molecule has 114 valence electrons. The highest BCUT2D eigenvalue weighted by Gasteiger charge is 2.14. The number of amides is 1. The number of hydrogen-bond donors (Lipinski definition) is 3. The van der Waals surface area contributed by atoms with Crippen LogP contribution in [0.2, 0.25) is 0 Å². The number of nitrogens with one attached hydrogen (secondary N) is 3. The lowest BCUT2D eigenvalue weighted by Crippen LogP contribution is -2.37. The summed E-state index contributed by atoms with van der Waals surface area (Å²) in [6, 6.07) is 6.28.